The molecule has 0 spiro atoms. The van der Waals surface area contributed by atoms with E-state index in [2.05, 4.69) is 252 Å². The van der Waals surface area contributed by atoms with Crippen LogP contribution in [0.3, 0.4) is 0 Å². The van der Waals surface area contributed by atoms with Gasteiger partial charge in [0.05, 0.1) is 11.4 Å². The molecule has 1 aromatic heterocycles. The monoisotopic (exact) mass is 1020 g/mol. The summed E-state index contributed by atoms with van der Waals surface area (Å²) in [6.45, 7) is 2.12. The first-order chi connectivity index (χ1) is 31.3. The SMILES string of the molecule is [Pt].[c-]1ccccc1-c1nn(-c2ccccc2)c(-c2ccccc2)c1[Si](c1ccccc1)(c1ccccc1)c1ccccc1.[c-]1ccccc1N1[CH-]N(c2ccccc2)c2ccccc21. The molecule has 1 aliphatic heterocycles. The van der Waals surface area contributed by atoms with Crippen LogP contribution in [0, 0.1) is 18.8 Å². The number of nitrogens with zero attached hydrogens (tertiary/aromatic N) is 4. The van der Waals surface area contributed by atoms with Crippen LogP contribution in [0.4, 0.5) is 22.7 Å². The van der Waals surface area contributed by atoms with Crippen LogP contribution in [0.25, 0.3) is 28.2 Å². The van der Waals surface area contributed by atoms with E-state index >= 15 is 0 Å². The number of rotatable bonds is 9. The van der Waals surface area contributed by atoms with Crippen molar-refractivity contribution in [3.63, 3.8) is 0 Å². The van der Waals surface area contributed by atoms with E-state index in [9.17, 15) is 0 Å². The van der Waals surface area contributed by atoms with Crippen molar-refractivity contribution in [2.24, 2.45) is 0 Å². The number of hydrogen-bond donors (Lipinski definition) is 0. The summed E-state index contributed by atoms with van der Waals surface area (Å²) >= 11 is 0. The molecule has 0 radical (unpaired) electrons. The molecule has 2 heterocycles. The van der Waals surface area contributed by atoms with Crippen molar-refractivity contribution in [2.75, 3.05) is 9.80 Å². The number of aromatic nitrogens is 2. The van der Waals surface area contributed by atoms with E-state index in [0.717, 1.165) is 39.6 Å². The quantitative estimate of drug-likeness (QED) is 0.0818. The van der Waals surface area contributed by atoms with Crippen molar-refractivity contribution >= 4 is 51.6 Å². The van der Waals surface area contributed by atoms with E-state index < -0.39 is 8.07 Å². The molecule has 0 N–H and O–H groups in total. The Hall–Kier alpha value is -7.30. The molecule has 0 saturated carbocycles. The fourth-order valence-electron chi connectivity index (χ4n) is 8.75. The van der Waals surface area contributed by atoms with Crippen LogP contribution in [0.15, 0.2) is 255 Å². The minimum absolute atomic E-state index is 0. The molecule has 0 saturated heterocycles. The zero-order chi connectivity index (χ0) is 42.3. The number of anilines is 4. The molecule has 10 aromatic rings. The average molecular weight is 1020 g/mol. The maximum atomic E-state index is 5.49. The second kappa shape index (κ2) is 19.4. The largest absolute Gasteiger partial charge is 0.493 e. The minimum atomic E-state index is -2.97. The number of fused-ring (bicyclic) bond motifs is 1. The van der Waals surface area contributed by atoms with Crippen molar-refractivity contribution < 1.29 is 21.1 Å². The first-order valence-corrected chi connectivity index (χ1v) is 23.2. The van der Waals surface area contributed by atoms with Crippen molar-refractivity contribution in [2.45, 2.75) is 0 Å². The normalized spacial score (nSPS) is 11.8. The third-order valence-corrected chi connectivity index (χ3v) is 16.3. The van der Waals surface area contributed by atoms with E-state index in [1.54, 1.807) is 0 Å². The Morgan fingerprint density at radius 3 is 1.34 bits per heavy atom. The van der Waals surface area contributed by atoms with Gasteiger partial charge in [0.1, 0.15) is 0 Å². The minimum Gasteiger partial charge on any atom is -0.493 e. The van der Waals surface area contributed by atoms with E-state index in [1.165, 1.54) is 32.1 Å². The van der Waals surface area contributed by atoms with Gasteiger partial charge in [-0.2, -0.15) is 30.3 Å². The maximum absolute atomic E-state index is 5.49. The van der Waals surface area contributed by atoms with Crippen molar-refractivity contribution in [3.8, 4) is 28.2 Å². The van der Waals surface area contributed by atoms with Gasteiger partial charge in [-0.05, 0) is 62.7 Å². The summed E-state index contributed by atoms with van der Waals surface area (Å²) in [5.41, 5.74) is 9.76. The fraction of sp³-hybridized carbons (Fsp3) is 0. The van der Waals surface area contributed by atoms with E-state index in [-0.39, 0.29) is 21.1 Å². The summed E-state index contributed by atoms with van der Waals surface area (Å²) in [6, 6.07) is 96.3. The summed E-state index contributed by atoms with van der Waals surface area (Å²) in [7, 11) is -2.97. The number of benzene rings is 9. The summed E-state index contributed by atoms with van der Waals surface area (Å²) in [5.74, 6) is 0. The van der Waals surface area contributed by atoms with Gasteiger partial charge in [-0.25, -0.2) is 9.78 Å². The average Bonchev–Trinajstić information content (AvgIpc) is 3.98. The summed E-state index contributed by atoms with van der Waals surface area (Å²) < 4.78 is 2.15. The first kappa shape index (κ1) is 42.0. The second-order valence-electron chi connectivity index (χ2n) is 15.2. The molecular formula is C58H43N4PtSi-3. The zero-order valence-electron chi connectivity index (χ0n) is 34.9. The Kier molecular flexibility index (Phi) is 12.7. The van der Waals surface area contributed by atoms with Gasteiger partial charge >= 0.3 is 0 Å². The van der Waals surface area contributed by atoms with Crippen LogP contribution in [-0.4, -0.2) is 17.9 Å². The van der Waals surface area contributed by atoms with Crippen LogP contribution >= 0.6 is 0 Å². The molecule has 11 rings (SSSR count). The fourth-order valence-corrected chi connectivity index (χ4v) is 13.8. The molecule has 312 valence electrons. The molecule has 4 nitrogen and oxygen atoms in total. The van der Waals surface area contributed by atoms with Gasteiger partial charge in [-0.3, -0.25) is 0 Å². The van der Waals surface area contributed by atoms with Gasteiger partial charge in [-0.1, -0.05) is 170 Å². The summed E-state index contributed by atoms with van der Waals surface area (Å²) in [4.78, 5) is 4.37. The maximum Gasteiger partial charge on any atom is 0.174 e. The molecule has 0 fully saturated rings. The zero-order valence-corrected chi connectivity index (χ0v) is 38.2. The van der Waals surface area contributed by atoms with Gasteiger partial charge in [0.2, 0.25) is 0 Å². The molecule has 0 unspecified atom stereocenters. The smallest absolute Gasteiger partial charge is 0.174 e. The van der Waals surface area contributed by atoms with Gasteiger partial charge < -0.3 is 9.80 Å². The Bertz CT molecular complexity index is 2850. The van der Waals surface area contributed by atoms with Crippen molar-refractivity contribution in [1.29, 1.82) is 0 Å². The van der Waals surface area contributed by atoms with E-state index in [1.807, 2.05) is 36.4 Å². The number of para-hydroxylation sites is 5. The van der Waals surface area contributed by atoms with E-state index in [4.69, 9.17) is 5.10 Å². The Balaban J connectivity index is 0.000000197. The predicted molar refractivity (Wildman–Crippen MR) is 264 cm³/mol. The Morgan fingerprint density at radius 1 is 0.406 bits per heavy atom. The van der Waals surface area contributed by atoms with Crippen LogP contribution in [-0.2, 0) is 21.1 Å². The van der Waals surface area contributed by atoms with Crippen LogP contribution in [0.1, 0.15) is 0 Å². The molecule has 0 amide bonds. The van der Waals surface area contributed by atoms with Gasteiger partial charge in [0.25, 0.3) is 0 Å². The first-order valence-electron chi connectivity index (χ1n) is 21.2. The number of hydrogen-bond acceptors (Lipinski definition) is 3. The van der Waals surface area contributed by atoms with Crippen LogP contribution in [0.5, 0.6) is 0 Å². The third-order valence-electron chi connectivity index (χ3n) is 11.5. The van der Waals surface area contributed by atoms with Crippen LogP contribution < -0.4 is 30.5 Å². The summed E-state index contributed by atoms with van der Waals surface area (Å²) in [5, 5.41) is 10.7. The summed E-state index contributed by atoms with van der Waals surface area (Å²) in [6.07, 6.45) is 0. The Morgan fingerprint density at radius 2 is 0.844 bits per heavy atom. The van der Waals surface area contributed by atoms with Gasteiger partial charge in [-0.15, -0.1) is 48.3 Å². The van der Waals surface area contributed by atoms with E-state index in [0.29, 0.717) is 0 Å². The Labute approximate surface area is 391 Å². The second-order valence-corrected chi connectivity index (χ2v) is 19.0. The molecule has 64 heavy (non-hydrogen) atoms. The molecule has 0 aliphatic carbocycles. The third kappa shape index (κ3) is 8.08. The standard InChI is InChI=1S/C39H29N2Si.C19H14N2.Pt/c1-7-19-31(20-8-1)37-39(38(32-21-9-2-10-22-32)41(40-37)33-23-11-3-12-24-33)42(34-25-13-4-14-26-34,35-27-15-5-16-28-35)36-29-17-6-18-30-36;1-3-9-16(10-4-1)20-15-21(17-11-5-2-6-12-17)19-14-8-7-13-18(19)20;/h1-19,21-30H;1-11,13-15H;/q-1;-2;. The van der Waals surface area contributed by atoms with Gasteiger partial charge in [0.15, 0.2) is 8.07 Å². The molecule has 0 atom stereocenters. The van der Waals surface area contributed by atoms with Gasteiger partial charge in [0, 0.05) is 43.8 Å². The van der Waals surface area contributed by atoms with Crippen LogP contribution in [0.2, 0.25) is 0 Å². The molecule has 9 aromatic carbocycles. The van der Waals surface area contributed by atoms with Crippen molar-refractivity contribution in [1.82, 2.24) is 9.78 Å². The molecule has 1 aliphatic rings. The molecule has 0 bridgehead atoms. The van der Waals surface area contributed by atoms with Crippen molar-refractivity contribution in [3.05, 3.63) is 274 Å². The topological polar surface area (TPSA) is 24.3 Å². The predicted octanol–water partition coefficient (Wildman–Crippen LogP) is 11.3. The molecule has 6 heteroatoms. The molecular weight excluding hydrogens is 976 g/mol.